The van der Waals surface area contributed by atoms with Gasteiger partial charge in [-0.05, 0) is 30.9 Å². The van der Waals surface area contributed by atoms with Crippen molar-refractivity contribution in [3.8, 4) is 0 Å². The molecule has 4 nitrogen and oxygen atoms in total. The third-order valence-corrected chi connectivity index (χ3v) is 4.11. The molecule has 0 saturated carbocycles. The van der Waals surface area contributed by atoms with Gasteiger partial charge in [0.25, 0.3) is 0 Å². The van der Waals surface area contributed by atoms with Crippen molar-refractivity contribution >= 4 is 35.1 Å². The minimum absolute atomic E-state index is 0.0182. The molecule has 0 saturated heterocycles. The van der Waals surface area contributed by atoms with Crippen LogP contribution in [0.15, 0.2) is 36.5 Å². The summed E-state index contributed by atoms with van der Waals surface area (Å²) in [4.78, 5) is 11.9. The fourth-order valence-corrected chi connectivity index (χ4v) is 2.06. The Hall–Kier alpha value is -1.46. The Morgan fingerprint density at radius 3 is 2.75 bits per heavy atom. The van der Waals surface area contributed by atoms with Crippen LogP contribution in [0.5, 0.6) is 0 Å². The second-order valence-electron chi connectivity index (χ2n) is 4.37. The number of anilines is 1. The monoisotopic (exact) mass is 309 g/mol. The summed E-state index contributed by atoms with van der Waals surface area (Å²) >= 11 is 7.37. The van der Waals surface area contributed by atoms with Crippen molar-refractivity contribution in [1.29, 1.82) is 0 Å². The van der Waals surface area contributed by atoms with Crippen molar-refractivity contribution in [1.82, 2.24) is 9.78 Å². The highest BCUT2D eigenvalue weighted by atomic mass is 35.5. The Morgan fingerprint density at radius 1 is 1.40 bits per heavy atom. The number of carbonyl (C=O) groups excluding carboxylic acids is 1. The molecule has 6 heteroatoms. The predicted octanol–water partition coefficient (Wildman–Crippen LogP) is 3.27. The fraction of sp³-hybridized carbons (Fsp3) is 0.286. The van der Waals surface area contributed by atoms with Gasteiger partial charge in [0.15, 0.2) is 0 Å². The van der Waals surface area contributed by atoms with Crippen molar-refractivity contribution in [3.05, 3.63) is 47.1 Å². The first kappa shape index (κ1) is 14.9. The van der Waals surface area contributed by atoms with Crippen molar-refractivity contribution in [3.63, 3.8) is 0 Å². The molecule has 1 aromatic heterocycles. The Morgan fingerprint density at radius 2 is 2.10 bits per heavy atom. The van der Waals surface area contributed by atoms with Crippen LogP contribution in [-0.4, -0.2) is 27.2 Å². The number of hydrogen-bond acceptors (Lipinski definition) is 3. The third kappa shape index (κ3) is 3.77. The third-order valence-electron chi connectivity index (χ3n) is 2.94. The molecule has 1 amide bonds. The van der Waals surface area contributed by atoms with Crippen LogP contribution in [0.1, 0.15) is 12.5 Å². The predicted molar refractivity (Wildman–Crippen MR) is 84.4 cm³/mol. The number of rotatable bonds is 5. The van der Waals surface area contributed by atoms with E-state index in [0.717, 1.165) is 5.56 Å². The number of halogens is 1. The van der Waals surface area contributed by atoms with Crippen molar-refractivity contribution in [2.24, 2.45) is 0 Å². The van der Waals surface area contributed by atoms with Crippen molar-refractivity contribution in [2.75, 3.05) is 11.6 Å². The largest absolute Gasteiger partial charge is 0.310 e. The van der Waals surface area contributed by atoms with Gasteiger partial charge >= 0.3 is 0 Å². The van der Waals surface area contributed by atoms with E-state index in [4.69, 9.17) is 11.6 Å². The van der Waals surface area contributed by atoms with Crippen LogP contribution in [0.4, 0.5) is 5.82 Å². The van der Waals surface area contributed by atoms with Gasteiger partial charge < -0.3 is 5.32 Å². The number of carbonyl (C=O) groups is 1. The molecule has 0 spiro atoms. The van der Waals surface area contributed by atoms with E-state index in [9.17, 15) is 4.79 Å². The summed E-state index contributed by atoms with van der Waals surface area (Å²) in [6, 6.07) is 9.37. The summed E-state index contributed by atoms with van der Waals surface area (Å²) in [5, 5.41) is 7.74. The summed E-state index contributed by atoms with van der Waals surface area (Å²) in [7, 11) is 0. The van der Waals surface area contributed by atoms with E-state index >= 15 is 0 Å². The lowest BCUT2D eigenvalue weighted by Gasteiger charge is -2.11. The molecule has 2 rings (SSSR count). The van der Waals surface area contributed by atoms with Gasteiger partial charge in [-0.3, -0.25) is 4.79 Å². The van der Waals surface area contributed by atoms with E-state index in [-0.39, 0.29) is 11.2 Å². The van der Waals surface area contributed by atoms with Crippen LogP contribution in [0, 0.1) is 0 Å². The number of amides is 1. The van der Waals surface area contributed by atoms with Crippen LogP contribution in [0.3, 0.4) is 0 Å². The smallest absolute Gasteiger partial charge is 0.238 e. The van der Waals surface area contributed by atoms with Gasteiger partial charge in [0.1, 0.15) is 5.82 Å². The number of aromatic nitrogens is 2. The average Bonchev–Trinajstić information content (AvgIpc) is 2.87. The van der Waals surface area contributed by atoms with Gasteiger partial charge in [0.2, 0.25) is 5.91 Å². The minimum atomic E-state index is -0.0890. The van der Waals surface area contributed by atoms with Gasteiger partial charge in [-0.2, -0.15) is 16.9 Å². The van der Waals surface area contributed by atoms with E-state index in [1.54, 1.807) is 16.9 Å². The molecule has 0 radical (unpaired) electrons. The summed E-state index contributed by atoms with van der Waals surface area (Å²) in [5.41, 5.74) is 1.08. The minimum Gasteiger partial charge on any atom is -0.310 e. The van der Waals surface area contributed by atoms with Gasteiger partial charge in [0.05, 0.1) is 18.0 Å². The van der Waals surface area contributed by atoms with E-state index in [1.165, 1.54) is 11.8 Å². The molecule has 0 unspecified atom stereocenters. The molecule has 0 aliphatic heterocycles. The topological polar surface area (TPSA) is 46.9 Å². The summed E-state index contributed by atoms with van der Waals surface area (Å²) in [6.07, 6.45) is 3.59. The first-order chi connectivity index (χ1) is 9.60. The molecular weight excluding hydrogens is 294 g/mol. The highest BCUT2D eigenvalue weighted by Crippen LogP contribution is 2.15. The van der Waals surface area contributed by atoms with Crippen LogP contribution >= 0.6 is 23.4 Å². The van der Waals surface area contributed by atoms with Crippen LogP contribution in [-0.2, 0) is 11.3 Å². The molecule has 0 fully saturated rings. The standard InChI is InChI=1S/C14H16ClN3OS/c1-10(20-2)14(19)17-13-7-8-16-18(13)9-11-3-5-12(15)6-4-11/h3-8,10H,9H2,1-2H3,(H,17,19)/t10-/m1/s1. The number of nitrogens with zero attached hydrogens (tertiary/aromatic N) is 2. The van der Waals surface area contributed by atoms with E-state index in [2.05, 4.69) is 10.4 Å². The second-order valence-corrected chi connectivity index (χ2v) is 5.98. The van der Waals surface area contributed by atoms with Gasteiger partial charge in [0, 0.05) is 11.1 Å². The van der Waals surface area contributed by atoms with Gasteiger partial charge in [-0.1, -0.05) is 23.7 Å². The molecule has 1 atom stereocenters. The van der Waals surface area contributed by atoms with Crippen molar-refractivity contribution < 1.29 is 4.79 Å². The maximum absolute atomic E-state index is 11.9. The Kier molecular flexibility index (Phi) is 5.09. The normalized spacial score (nSPS) is 12.2. The van der Waals surface area contributed by atoms with Crippen LogP contribution in [0.25, 0.3) is 0 Å². The zero-order valence-electron chi connectivity index (χ0n) is 11.3. The second kappa shape index (κ2) is 6.81. The molecule has 2 aromatic rings. The van der Waals surface area contributed by atoms with E-state index < -0.39 is 0 Å². The lowest BCUT2D eigenvalue weighted by atomic mass is 10.2. The SMILES string of the molecule is CS[C@H](C)C(=O)Nc1ccnn1Cc1ccc(Cl)cc1. The van der Waals surface area contributed by atoms with E-state index in [1.807, 2.05) is 37.4 Å². The number of hydrogen-bond donors (Lipinski definition) is 1. The Labute approximate surface area is 127 Å². The maximum Gasteiger partial charge on any atom is 0.238 e. The molecule has 1 heterocycles. The van der Waals surface area contributed by atoms with E-state index in [0.29, 0.717) is 17.4 Å². The van der Waals surface area contributed by atoms with Crippen LogP contribution < -0.4 is 5.32 Å². The first-order valence-electron chi connectivity index (χ1n) is 6.20. The lowest BCUT2D eigenvalue weighted by molar-refractivity contribution is -0.115. The molecule has 0 bridgehead atoms. The first-order valence-corrected chi connectivity index (χ1v) is 7.86. The molecule has 0 aliphatic carbocycles. The molecule has 0 aliphatic rings. The number of thioether (sulfide) groups is 1. The molecule has 1 aromatic carbocycles. The van der Waals surface area contributed by atoms with Crippen LogP contribution in [0.2, 0.25) is 5.02 Å². The molecule has 1 N–H and O–H groups in total. The van der Waals surface area contributed by atoms with Gasteiger partial charge in [-0.25, -0.2) is 4.68 Å². The molecular formula is C14H16ClN3OS. The number of nitrogens with one attached hydrogen (secondary N) is 1. The zero-order chi connectivity index (χ0) is 14.5. The van der Waals surface area contributed by atoms with Gasteiger partial charge in [-0.15, -0.1) is 0 Å². The Bertz CT molecular complexity index is 582. The highest BCUT2D eigenvalue weighted by Gasteiger charge is 2.13. The average molecular weight is 310 g/mol. The maximum atomic E-state index is 11.9. The quantitative estimate of drug-likeness (QED) is 0.922. The summed E-state index contributed by atoms with van der Waals surface area (Å²) < 4.78 is 1.76. The zero-order valence-corrected chi connectivity index (χ0v) is 12.9. The summed E-state index contributed by atoms with van der Waals surface area (Å²) in [5.74, 6) is 0.682. The molecule has 20 heavy (non-hydrogen) atoms. The highest BCUT2D eigenvalue weighted by molar-refractivity contribution is 7.99. The van der Waals surface area contributed by atoms with Crippen molar-refractivity contribution in [2.45, 2.75) is 18.7 Å². The fourth-order valence-electron chi connectivity index (χ4n) is 1.66. The summed E-state index contributed by atoms with van der Waals surface area (Å²) in [6.45, 7) is 2.47. The molecule has 106 valence electrons. The lowest BCUT2D eigenvalue weighted by Crippen LogP contribution is -2.24. The number of benzene rings is 1. The Balaban J connectivity index is 2.08.